The van der Waals surface area contributed by atoms with Gasteiger partial charge in [-0.2, -0.15) is 0 Å². The number of anilines is 1. The van der Waals surface area contributed by atoms with Crippen LogP contribution in [0, 0.1) is 0 Å². The van der Waals surface area contributed by atoms with Crippen molar-refractivity contribution in [2.45, 2.75) is 17.7 Å². The van der Waals surface area contributed by atoms with Gasteiger partial charge in [0.1, 0.15) is 5.75 Å². The monoisotopic (exact) mass is 286 g/mol. The van der Waals surface area contributed by atoms with Crippen LogP contribution in [0.4, 0.5) is 5.69 Å². The maximum absolute atomic E-state index is 12.1. The van der Waals surface area contributed by atoms with E-state index in [2.05, 4.69) is 0 Å². The van der Waals surface area contributed by atoms with Crippen molar-refractivity contribution in [3.05, 3.63) is 23.2 Å². The molecule has 1 amide bonds. The standard InChI is InChI=1S/C12H15ClN2O2S/c13-10-4-3-9(14)7-11(10)18(17)8-12(16)15-5-1-2-6-15/h3-4,7H,1-2,5-6,8,14H2. The molecule has 2 N–H and O–H groups in total. The second-order valence-corrected chi connectivity index (χ2v) is 6.09. The van der Waals surface area contributed by atoms with Gasteiger partial charge < -0.3 is 10.6 Å². The average molecular weight is 287 g/mol. The highest BCUT2D eigenvalue weighted by Crippen LogP contribution is 2.23. The highest BCUT2D eigenvalue weighted by Gasteiger charge is 2.21. The van der Waals surface area contributed by atoms with Gasteiger partial charge in [0.25, 0.3) is 0 Å². The first-order valence-electron chi connectivity index (χ1n) is 5.79. The zero-order valence-electron chi connectivity index (χ0n) is 9.89. The highest BCUT2D eigenvalue weighted by molar-refractivity contribution is 7.85. The molecule has 1 aliphatic rings. The van der Waals surface area contributed by atoms with Gasteiger partial charge in [-0.15, -0.1) is 0 Å². The summed E-state index contributed by atoms with van der Waals surface area (Å²) in [5.74, 6) is -0.104. The number of amides is 1. The lowest BCUT2D eigenvalue weighted by Gasteiger charge is -2.15. The smallest absolute Gasteiger partial charge is 0.235 e. The molecule has 2 rings (SSSR count). The summed E-state index contributed by atoms with van der Waals surface area (Å²) < 4.78 is 12.1. The zero-order valence-corrected chi connectivity index (χ0v) is 11.5. The van der Waals surface area contributed by atoms with Gasteiger partial charge >= 0.3 is 0 Å². The van der Waals surface area contributed by atoms with E-state index in [9.17, 15) is 9.00 Å². The van der Waals surface area contributed by atoms with E-state index in [-0.39, 0.29) is 11.7 Å². The van der Waals surface area contributed by atoms with Gasteiger partial charge in [0.15, 0.2) is 0 Å². The lowest BCUT2D eigenvalue weighted by atomic mass is 10.3. The topological polar surface area (TPSA) is 63.4 Å². The third kappa shape index (κ3) is 3.03. The van der Waals surface area contributed by atoms with Gasteiger partial charge in [0, 0.05) is 18.8 Å². The molecule has 0 spiro atoms. The summed E-state index contributed by atoms with van der Waals surface area (Å²) in [6.45, 7) is 1.53. The molecule has 0 saturated carbocycles. The number of carbonyl (C=O) groups excluding carboxylic acids is 1. The third-order valence-corrected chi connectivity index (χ3v) is 4.69. The Balaban J connectivity index is 2.07. The molecule has 1 fully saturated rings. The molecule has 1 aromatic rings. The van der Waals surface area contributed by atoms with Crippen molar-refractivity contribution in [1.29, 1.82) is 0 Å². The molecule has 1 unspecified atom stereocenters. The molecule has 0 bridgehead atoms. The normalized spacial score (nSPS) is 16.8. The van der Waals surface area contributed by atoms with Crippen molar-refractivity contribution < 1.29 is 9.00 Å². The second kappa shape index (κ2) is 5.71. The molecule has 1 atom stereocenters. The van der Waals surface area contributed by atoms with Crippen LogP contribution in [0.1, 0.15) is 12.8 Å². The Kier molecular flexibility index (Phi) is 4.24. The molecule has 4 nitrogen and oxygen atoms in total. The lowest BCUT2D eigenvalue weighted by Crippen LogP contribution is -2.31. The Hall–Kier alpha value is -1.07. The van der Waals surface area contributed by atoms with Gasteiger partial charge in [-0.25, -0.2) is 0 Å². The van der Waals surface area contributed by atoms with E-state index in [1.807, 2.05) is 0 Å². The van der Waals surface area contributed by atoms with Crippen LogP contribution in [0.5, 0.6) is 0 Å². The molecular formula is C12H15ClN2O2S. The Morgan fingerprint density at radius 1 is 1.39 bits per heavy atom. The van der Waals surface area contributed by atoms with Crippen LogP contribution in [0.3, 0.4) is 0 Å². The molecule has 1 aliphatic heterocycles. The molecule has 6 heteroatoms. The van der Waals surface area contributed by atoms with Gasteiger partial charge in [0.05, 0.1) is 20.7 Å². The minimum Gasteiger partial charge on any atom is -0.399 e. The predicted molar refractivity (Wildman–Crippen MR) is 73.0 cm³/mol. The number of nitrogens with two attached hydrogens (primary N) is 1. The van der Waals surface area contributed by atoms with Crippen LogP contribution in [-0.4, -0.2) is 33.9 Å². The second-order valence-electron chi connectivity index (χ2n) is 4.27. The fourth-order valence-corrected chi connectivity index (χ4v) is 3.43. The summed E-state index contributed by atoms with van der Waals surface area (Å²) >= 11 is 5.96. The molecule has 1 aromatic carbocycles. The van der Waals surface area contributed by atoms with E-state index < -0.39 is 10.8 Å². The van der Waals surface area contributed by atoms with Crippen LogP contribution in [0.15, 0.2) is 23.1 Å². The van der Waals surface area contributed by atoms with Crippen LogP contribution >= 0.6 is 11.6 Å². The van der Waals surface area contributed by atoms with Gasteiger partial charge in [-0.05, 0) is 31.0 Å². The Morgan fingerprint density at radius 3 is 2.72 bits per heavy atom. The van der Waals surface area contributed by atoms with Crippen molar-refractivity contribution in [2.24, 2.45) is 0 Å². The number of rotatable bonds is 3. The fourth-order valence-electron chi connectivity index (χ4n) is 1.94. The lowest BCUT2D eigenvalue weighted by molar-refractivity contribution is -0.127. The van der Waals surface area contributed by atoms with E-state index >= 15 is 0 Å². The number of likely N-dealkylation sites (tertiary alicyclic amines) is 1. The molecule has 98 valence electrons. The maximum atomic E-state index is 12.1. The first-order valence-corrected chi connectivity index (χ1v) is 7.49. The van der Waals surface area contributed by atoms with Crippen LogP contribution in [0.25, 0.3) is 0 Å². The first-order chi connectivity index (χ1) is 8.58. The molecule has 0 aliphatic carbocycles. The van der Waals surface area contributed by atoms with E-state index in [1.54, 1.807) is 23.1 Å². The summed E-state index contributed by atoms with van der Waals surface area (Å²) in [7, 11) is -1.43. The molecule has 1 saturated heterocycles. The molecule has 0 aromatic heterocycles. The van der Waals surface area contributed by atoms with Crippen molar-refractivity contribution in [2.75, 3.05) is 24.6 Å². The summed E-state index contributed by atoms with van der Waals surface area (Å²) in [5.41, 5.74) is 6.13. The largest absolute Gasteiger partial charge is 0.399 e. The third-order valence-electron chi connectivity index (χ3n) is 2.91. The number of halogens is 1. The fraction of sp³-hybridized carbons (Fsp3) is 0.417. The van der Waals surface area contributed by atoms with Crippen molar-refractivity contribution in [3.8, 4) is 0 Å². The molecular weight excluding hydrogens is 272 g/mol. The van der Waals surface area contributed by atoms with Crippen LogP contribution in [-0.2, 0) is 15.6 Å². The van der Waals surface area contributed by atoms with E-state index in [1.165, 1.54) is 0 Å². The van der Waals surface area contributed by atoms with Gasteiger partial charge in [0.2, 0.25) is 5.91 Å². The van der Waals surface area contributed by atoms with Crippen molar-refractivity contribution >= 4 is 34.0 Å². The first kappa shape index (κ1) is 13.4. The number of hydrogen-bond acceptors (Lipinski definition) is 3. The number of benzene rings is 1. The summed E-state index contributed by atoms with van der Waals surface area (Å²) in [6.07, 6.45) is 2.05. The van der Waals surface area contributed by atoms with Gasteiger partial charge in [-0.3, -0.25) is 9.00 Å². The quantitative estimate of drug-likeness (QED) is 0.860. The minimum absolute atomic E-state index is 0.0246. The number of nitrogen functional groups attached to an aromatic ring is 1. The SMILES string of the molecule is Nc1ccc(Cl)c(S(=O)CC(=O)N2CCCC2)c1. The van der Waals surface area contributed by atoms with E-state index in [0.29, 0.717) is 15.6 Å². The Morgan fingerprint density at radius 2 is 2.06 bits per heavy atom. The average Bonchev–Trinajstić information content (AvgIpc) is 2.85. The minimum atomic E-state index is -1.43. The van der Waals surface area contributed by atoms with E-state index in [0.717, 1.165) is 25.9 Å². The molecule has 0 radical (unpaired) electrons. The van der Waals surface area contributed by atoms with Crippen LogP contribution in [0.2, 0.25) is 5.02 Å². The van der Waals surface area contributed by atoms with Gasteiger partial charge in [-0.1, -0.05) is 11.6 Å². The van der Waals surface area contributed by atoms with Crippen LogP contribution < -0.4 is 5.73 Å². The summed E-state index contributed by atoms with van der Waals surface area (Å²) in [4.78, 5) is 14.1. The summed E-state index contributed by atoms with van der Waals surface area (Å²) in [5, 5.41) is 0.386. The maximum Gasteiger partial charge on any atom is 0.235 e. The predicted octanol–water partition coefficient (Wildman–Crippen LogP) is 1.65. The number of carbonyl (C=O) groups is 1. The molecule has 1 heterocycles. The van der Waals surface area contributed by atoms with E-state index in [4.69, 9.17) is 17.3 Å². The van der Waals surface area contributed by atoms with Crippen molar-refractivity contribution in [3.63, 3.8) is 0 Å². The Bertz CT molecular complexity index is 487. The zero-order chi connectivity index (χ0) is 13.1. The number of hydrogen-bond donors (Lipinski definition) is 1. The Labute approximate surface area is 114 Å². The number of nitrogens with zero attached hydrogens (tertiary/aromatic N) is 1. The highest BCUT2D eigenvalue weighted by atomic mass is 35.5. The van der Waals surface area contributed by atoms with Crippen molar-refractivity contribution in [1.82, 2.24) is 4.90 Å². The summed E-state index contributed by atoms with van der Waals surface area (Å²) in [6, 6.07) is 4.81. The molecule has 18 heavy (non-hydrogen) atoms.